The largest absolute Gasteiger partial charge is 0.489 e. The zero-order chi connectivity index (χ0) is 20.2. The van der Waals surface area contributed by atoms with Crippen molar-refractivity contribution in [1.29, 1.82) is 0 Å². The number of aromatic nitrogens is 3. The van der Waals surface area contributed by atoms with Crippen LogP contribution in [0.1, 0.15) is 17.5 Å². The van der Waals surface area contributed by atoms with Gasteiger partial charge >= 0.3 is 0 Å². The molecular formula is C20H18BrClN4O3. The van der Waals surface area contributed by atoms with E-state index in [1.165, 1.54) is 0 Å². The highest BCUT2D eigenvalue weighted by atomic mass is 79.9. The van der Waals surface area contributed by atoms with E-state index in [0.29, 0.717) is 36.3 Å². The summed E-state index contributed by atoms with van der Waals surface area (Å²) in [5, 5.41) is 7.45. The fourth-order valence-electron chi connectivity index (χ4n) is 2.95. The average Bonchev–Trinajstić information content (AvgIpc) is 2.96. The van der Waals surface area contributed by atoms with E-state index in [-0.39, 0.29) is 18.3 Å². The molecular weight excluding hydrogens is 460 g/mol. The number of hydrogen-bond donors (Lipinski definition) is 1. The third-order valence-electron chi connectivity index (χ3n) is 4.27. The molecule has 7 nitrogen and oxygen atoms in total. The van der Waals surface area contributed by atoms with Crippen LogP contribution in [-0.4, -0.2) is 33.9 Å². The van der Waals surface area contributed by atoms with Crippen molar-refractivity contribution < 1.29 is 14.3 Å². The summed E-state index contributed by atoms with van der Waals surface area (Å²) in [6.07, 6.45) is 2.50. The van der Waals surface area contributed by atoms with Gasteiger partial charge in [-0.3, -0.25) is 10.1 Å². The number of nitrogens with one attached hydrogen (secondary N) is 1. The number of carbonyl (C=O) groups is 1. The van der Waals surface area contributed by atoms with E-state index >= 15 is 0 Å². The summed E-state index contributed by atoms with van der Waals surface area (Å²) in [6.45, 7) is 1.67. The van der Waals surface area contributed by atoms with E-state index in [1.54, 1.807) is 23.1 Å². The molecule has 0 fully saturated rings. The highest BCUT2D eigenvalue weighted by Gasteiger charge is 2.17. The average molecular weight is 478 g/mol. The minimum atomic E-state index is -0.239. The van der Waals surface area contributed by atoms with Crippen LogP contribution in [0.15, 0.2) is 47.2 Å². The quantitative estimate of drug-likeness (QED) is 0.599. The van der Waals surface area contributed by atoms with Crippen LogP contribution in [0.4, 0.5) is 5.95 Å². The third-order valence-corrected chi connectivity index (χ3v) is 5.08. The van der Waals surface area contributed by atoms with Crippen LogP contribution in [-0.2, 0) is 17.8 Å². The molecule has 0 radical (unpaired) electrons. The molecule has 1 aromatic heterocycles. The normalized spacial score (nSPS) is 13.0. The molecule has 4 rings (SSSR count). The molecule has 2 heterocycles. The summed E-state index contributed by atoms with van der Waals surface area (Å²) in [7, 11) is 0. The van der Waals surface area contributed by atoms with E-state index < -0.39 is 0 Å². The van der Waals surface area contributed by atoms with E-state index in [4.69, 9.17) is 21.1 Å². The molecule has 0 saturated heterocycles. The molecule has 0 saturated carbocycles. The molecule has 150 valence electrons. The van der Waals surface area contributed by atoms with Gasteiger partial charge in [0.25, 0.3) is 0 Å². The number of anilines is 1. The summed E-state index contributed by atoms with van der Waals surface area (Å²) in [5.41, 5.74) is 1.81. The highest BCUT2D eigenvalue weighted by Crippen LogP contribution is 2.38. The number of carbonyl (C=O) groups excluding carboxylic acids is 1. The van der Waals surface area contributed by atoms with Gasteiger partial charge in [-0.1, -0.05) is 39.7 Å². The number of benzene rings is 2. The van der Waals surface area contributed by atoms with Crippen molar-refractivity contribution in [3.05, 3.63) is 63.3 Å². The Kier molecular flexibility index (Phi) is 6.01. The van der Waals surface area contributed by atoms with Crippen molar-refractivity contribution in [3.8, 4) is 11.5 Å². The molecule has 1 aliphatic rings. The van der Waals surface area contributed by atoms with Crippen LogP contribution >= 0.6 is 27.5 Å². The number of fused-ring (bicyclic) bond motifs is 1. The molecule has 29 heavy (non-hydrogen) atoms. The summed E-state index contributed by atoms with van der Waals surface area (Å²) in [5.74, 6) is 1.11. The van der Waals surface area contributed by atoms with Crippen molar-refractivity contribution in [2.45, 2.75) is 19.4 Å². The van der Waals surface area contributed by atoms with Gasteiger partial charge in [-0.2, -0.15) is 0 Å². The lowest BCUT2D eigenvalue weighted by Gasteiger charge is -2.11. The van der Waals surface area contributed by atoms with Gasteiger partial charge < -0.3 is 9.47 Å². The first kappa shape index (κ1) is 19.7. The van der Waals surface area contributed by atoms with Gasteiger partial charge in [-0.25, -0.2) is 9.67 Å². The van der Waals surface area contributed by atoms with E-state index in [1.807, 2.05) is 24.3 Å². The zero-order valence-corrected chi connectivity index (χ0v) is 17.7. The predicted octanol–water partition coefficient (Wildman–Crippen LogP) is 4.08. The lowest BCUT2D eigenvalue weighted by atomic mass is 10.1. The number of halogens is 2. The van der Waals surface area contributed by atoms with E-state index in [0.717, 1.165) is 22.0 Å². The van der Waals surface area contributed by atoms with Crippen LogP contribution in [0.25, 0.3) is 0 Å². The standard InChI is InChI=1S/C20H18BrClN4O3/c21-15-4-2-13(3-5-15)11-26-12-23-20(25-26)24-18(27)10-14-8-16(22)19-17(9-14)28-6-1-7-29-19/h2-5,8-9,12H,1,6-7,10-11H2,(H,24,25,27). The molecule has 0 unspecified atom stereocenters. The van der Waals surface area contributed by atoms with E-state index in [9.17, 15) is 4.79 Å². The second kappa shape index (κ2) is 8.84. The molecule has 1 amide bonds. The van der Waals surface area contributed by atoms with Crippen LogP contribution in [0.5, 0.6) is 11.5 Å². The molecule has 0 bridgehead atoms. The van der Waals surface area contributed by atoms with Gasteiger partial charge in [0.05, 0.1) is 31.2 Å². The first-order valence-electron chi connectivity index (χ1n) is 9.08. The monoisotopic (exact) mass is 476 g/mol. The predicted molar refractivity (Wildman–Crippen MR) is 113 cm³/mol. The minimum absolute atomic E-state index is 0.123. The Labute approximate surface area is 181 Å². The fraction of sp³-hybridized carbons (Fsp3) is 0.250. The van der Waals surface area contributed by atoms with Crippen molar-refractivity contribution in [2.24, 2.45) is 0 Å². The Balaban J connectivity index is 1.39. The maximum atomic E-state index is 12.4. The topological polar surface area (TPSA) is 78.3 Å². The van der Waals surface area contributed by atoms with Crippen LogP contribution in [0.2, 0.25) is 5.02 Å². The molecule has 9 heteroatoms. The van der Waals surface area contributed by atoms with Gasteiger partial charge in [0, 0.05) is 10.9 Å². The molecule has 3 aromatic rings. The number of ether oxygens (including phenoxy) is 2. The van der Waals surface area contributed by atoms with Gasteiger partial charge in [0.1, 0.15) is 6.33 Å². The van der Waals surface area contributed by atoms with Crippen LogP contribution < -0.4 is 14.8 Å². The maximum Gasteiger partial charge on any atom is 0.248 e. The van der Waals surface area contributed by atoms with Gasteiger partial charge in [0.15, 0.2) is 11.5 Å². The first-order valence-corrected chi connectivity index (χ1v) is 10.3. The summed E-state index contributed by atoms with van der Waals surface area (Å²) in [4.78, 5) is 16.6. The molecule has 0 aliphatic carbocycles. The van der Waals surface area contributed by atoms with Gasteiger partial charge in [-0.05, 0) is 35.4 Å². The van der Waals surface area contributed by atoms with E-state index in [2.05, 4.69) is 31.3 Å². The number of amides is 1. The zero-order valence-electron chi connectivity index (χ0n) is 15.4. The molecule has 0 atom stereocenters. The molecule has 2 aromatic carbocycles. The Morgan fingerprint density at radius 3 is 2.79 bits per heavy atom. The summed E-state index contributed by atoms with van der Waals surface area (Å²) >= 11 is 9.70. The number of hydrogen-bond acceptors (Lipinski definition) is 5. The second-order valence-electron chi connectivity index (χ2n) is 6.57. The van der Waals surface area contributed by atoms with Gasteiger partial charge in [-0.15, -0.1) is 5.10 Å². The molecule has 0 spiro atoms. The van der Waals surface area contributed by atoms with Crippen molar-refractivity contribution in [1.82, 2.24) is 14.8 Å². The molecule has 1 aliphatic heterocycles. The minimum Gasteiger partial charge on any atom is -0.489 e. The second-order valence-corrected chi connectivity index (χ2v) is 7.90. The maximum absolute atomic E-state index is 12.4. The third kappa shape index (κ3) is 5.07. The summed E-state index contributed by atoms with van der Waals surface area (Å²) < 4.78 is 14.0. The lowest BCUT2D eigenvalue weighted by Crippen LogP contribution is -2.16. The van der Waals surface area contributed by atoms with Crippen LogP contribution in [0, 0.1) is 0 Å². The highest BCUT2D eigenvalue weighted by molar-refractivity contribution is 9.10. The number of nitrogens with zero attached hydrogens (tertiary/aromatic N) is 3. The lowest BCUT2D eigenvalue weighted by molar-refractivity contribution is -0.115. The summed E-state index contributed by atoms with van der Waals surface area (Å²) in [6, 6.07) is 11.4. The Bertz CT molecular complexity index is 1020. The Hall–Kier alpha value is -2.58. The van der Waals surface area contributed by atoms with Crippen molar-refractivity contribution >= 4 is 39.4 Å². The SMILES string of the molecule is O=C(Cc1cc(Cl)c2c(c1)OCCCO2)Nc1ncn(Cc2ccc(Br)cc2)n1. The van der Waals surface area contributed by atoms with Crippen molar-refractivity contribution in [2.75, 3.05) is 18.5 Å². The Morgan fingerprint density at radius 2 is 1.97 bits per heavy atom. The number of rotatable bonds is 5. The molecule has 1 N–H and O–H groups in total. The van der Waals surface area contributed by atoms with Crippen LogP contribution in [0.3, 0.4) is 0 Å². The smallest absolute Gasteiger partial charge is 0.248 e. The van der Waals surface area contributed by atoms with Crippen molar-refractivity contribution in [3.63, 3.8) is 0 Å². The first-order chi connectivity index (χ1) is 14.1. The fourth-order valence-corrected chi connectivity index (χ4v) is 3.50. The van der Waals surface area contributed by atoms with Gasteiger partial charge in [0.2, 0.25) is 11.9 Å². The Morgan fingerprint density at radius 1 is 1.17 bits per heavy atom.